The van der Waals surface area contributed by atoms with Crippen molar-refractivity contribution in [3.63, 3.8) is 0 Å². The van der Waals surface area contributed by atoms with Crippen molar-refractivity contribution in [3.8, 4) is 0 Å². The second-order valence-electron chi connectivity index (χ2n) is 16.6. The molecule has 2 atom stereocenters. The third-order valence-corrected chi connectivity index (χ3v) is 11.2. The molecule has 0 fully saturated rings. The van der Waals surface area contributed by atoms with Gasteiger partial charge in [-0.05, 0) is 25.2 Å². The number of unbranched alkanes of at least 4 members (excludes halogenated alkanes) is 29. The molecular weight excluding hydrogens is 673 g/mol. The number of ether oxygens (including phenoxy) is 3. The van der Waals surface area contributed by atoms with Crippen LogP contribution in [0.3, 0.4) is 0 Å². The van der Waals surface area contributed by atoms with E-state index in [0.717, 1.165) is 63.7 Å². The predicted molar refractivity (Wildman–Crippen MR) is 229 cm³/mol. The van der Waals surface area contributed by atoms with Gasteiger partial charge < -0.3 is 14.2 Å². The monoisotopic (exact) mass is 765 g/mol. The Morgan fingerprint density at radius 1 is 0.370 bits per heavy atom. The molecule has 0 aromatic carbocycles. The fourth-order valence-corrected chi connectivity index (χ4v) is 7.12. The molecule has 0 aliphatic rings. The summed E-state index contributed by atoms with van der Waals surface area (Å²) in [5.74, 6) is -0.00400. The molecule has 0 saturated carbocycles. The summed E-state index contributed by atoms with van der Waals surface area (Å²) in [6.45, 7) is 9.00. The van der Waals surface area contributed by atoms with E-state index in [1.54, 1.807) is 0 Å². The van der Waals surface area contributed by atoms with Crippen molar-refractivity contribution in [2.75, 3.05) is 13.2 Å². The summed E-state index contributed by atoms with van der Waals surface area (Å²) < 4.78 is 16.7. The number of esters is 3. The van der Waals surface area contributed by atoms with Crippen molar-refractivity contribution in [2.45, 2.75) is 271 Å². The van der Waals surface area contributed by atoms with Gasteiger partial charge in [0.05, 0.1) is 0 Å². The molecule has 0 radical (unpaired) electrons. The topological polar surface area (TPSA) is 78.9 Å². The molecule has 0 saturated heterocycles. The van der Waals surface area contributed by atoms with Gasteiger partial charge in [-0.3, -0.25) is 14.4 Å². The Balaban J connectivity index is 4.34. The number of hydrogen-bond acceptors (Lipinski definition) is 6. The van der Waals surface area contributed by atoms with Gasteiger partial charge in [0.2, 0.25) is 0 Å². The molecular formula is C48H92O6. The number of rotatable bonds is 43. The van der Waals surface area contributed by atoms with Crippen molar-refractivity contribution >= 4 is 17.9 Å². The summed E-state index contributed by atoms with van der Waals surface area (Å²) in [7, 11) is 0. The van der Waals surface area contributed by atoms with Gasteiger partial charge in [-0.1, -0.05) is 227 Å². The summed E-state index contributed by atoms with van der Waals surface area (Å²) in [5.41, 5.74) is 0. The predicted octanol–water partition coefficient (Wildman–Crippen LogP) is 15.1. The zero-order chi connectivity index (χ0) is 39.6. The summed E-state index contributed by atoms with van der Waals surface area (Å²) >= 11 is 0. The largest absolute Gasteiger partial charge is 0.462 e. The van der Waals surface area contributed by atoms with Gasteiger partial charge in [-0.15, -0.1) is 0 Å². The van der Waals surface area contributed by atoms with Gasteiger partial charge >= 0.3 is 17.9 Å². The average molecular weight is 765 g/mol. The Morgan fingerprint density at radius 3 is 0.963 bits per heavy atom. The summed E-state index contributed by atoms with van der Waals surface area (Å²) in [6.07, 6.45) is 42.2. The average Bonchev–Trinajstić information content (AvgIpc) is 3.17. The molecule has 6 heteroatoms. The number of carbonyl (C=O) groups excluding carboxylic acids is 3. The van der Waals surface area contributed by atoms with Crippen LogP contribution in [0.1, 0.15) is 265 Å². The lowest BCUT2D eigenvalue weighted by Gasteiger charge is -2.18. The molecule has 0 rings (SSSR count). The van der Waals surface area contributed by atoms with Crippen LogP contribution in [0.5, 0.6) is 0 Å². The molecule has 0 aromatic rings. The fraction of sp³-hybridized carbons (Fsp3) is 0.938. The lowest BCUT2D eigenvalue weighted by molar-refractivity contribution is -0.167. The molecule has 0 aromatic heterocycles. The highest BCUT2D eigenvalue weighted by molar-refractivity contribution is 5.71. The van der Waals surface area contributed by atoms with E-state index in [9.17, 15) is 14.4 Å². The van der Waals surface area contributed by atoms with Crippen LogP contribution in [-0.4, -0.2) is 37.2 Å². The van der Waals surface area contributed by atoms with Crippen LogP contribution in [0.4, 0.5) is 0 Å². The van der Waals surface area contributed by atoms with Crippen LogP contribution in [0.2, 0.25) is 0 Å². The van der Waals surface area contributed by atoms with E-state index in [0.29, 0.717) is 19.3 Å². The second kappa shape index (κ2) is 42.6. The zero-order valence-electron chi connectivity index (χ0n) is 36.7. The maximum absolute atomic E-state index is 12.7. The number of hydrogen-bond donors (Lipinski definition) is 0. The van der Waals surface area contributed by atoms with Gasteiger partial charge in [0.15, 0.2) is 6.10 Å². The van der Waals surface area contributed by atoms with E-state index >= 15 is 0 Å². The van der Waals surface area contributed by atoms with Crippen molar-refractivity contribution in [1.82, 2.24) is 0 Å². The first-order valence-electron chi connectivity index (χ1n) is 23.9. The minimum absolute atomic E-state index is 0.0636. The van der Waals surface area contributed by atoms with Crippen LogP contribution in [-0.2, 0) is 28.6 Å². The molecule has 6 nitrogen and oxygen atoms in total. The third kappa shape index (κ3) is 40.1. The minimum atomic E-state index is -0.759. The van der Waals surface area contributed by atoms with E-state index in [1.165, 1.54) is 161 Å². The maximum atomic E-state index is 12.7. The first-order chi connectivity index (χ1) is 26.4. The molecule has 0 heterocycles. The molecule has 0 N–H and O–H groups in total. The van der Waals surface area contributed by atoms with E-state index in [4.69, 9.17) is 14.2 Å². The molecule has 0 spiro atoms. The van der Waals surface area contributed by atoms with Gasteiger partial charge in [0.1, 0.15) is 13.2 Å². The molecule has 54 heavy (non-hydrogen) atoms. The minimum Gasteiger partial charge on any atom is -0.462 e. The molecule has 0 aliphatic heterocycles. The van der Waals surface area contributed by atoms with Crippen LogP contribution < -0.4 is 0 Å². The highest BCUT2D eigenvalue weighted by atomic mass is 16.6. The van der Waals surface area contributed by atoms with Crippen LogP contribution in [0.25, 0.3) is 0 Å². The number of carbonyl (C=O) groups is 3. The van der Waals surface area contributed by atoms with Crippen LogP contribution >= 0.6 is 0 Å². The Bertz CT molecular complexity index is 813. The van der Waals surface area contributed by atoms with E-state index in [-0.39, 0.29) is 31.1 Å². The van der Waals surface area contributed by atoms with Crippen molar-refractivity contribution < 1.29 is 28.6 Å². The van der Waals surface area contributed by atoms with Crippen molar-refractivity contribution in [3.05, 3.63) is 0 Å². The van der Waals surface area contributed by atoms with E-state index in [2.05, 4.69) is 27.7 Å². The Kier molecular flexibility index (Phi) is 41.3. The van der Waals surface area contributed by atoms with Crippen LogP contribution in [0, 0.1) is 5.92 Å². The standard InChI is InChI=1S/C48H92O6/c1-5-8-10-12-14-16-18-19-21-23-29-33-37-41-48(51)54-45(42-52-46(49)39-35-31-27-22-20-17-15-13-11-9-6-2)43-53-47(50)40-36-32-28-25-24-26-30-34-38-44(4)7-3/h44-45H,5-43H2,1-4H3/t44?,45-/m0/s1. The van der Waals surface area contributed by atoms with Gasteiger partial charge in [-0.2, -0.15) is 0 Å². The first kappa shape index (κ1) is 52.4. The molecule has 0 amide bonds. The maximum Gasteiger partial charge on any atom is 0.306 e. The first-order valence-corrected chi connectivity index (χ1v) is 23.9. The normalized spacial score (nSPS) is 12.4. The highest BCUT2D eigenvalue weighted by Gasteiger charge is 2.19. The quantitative estimate of drug-likeness (QED) is 0.0349. The zero-order valence-corrected chi connectivity index (χ0v) is 36.7. The van der Waals surface area contributed by atoms with E-state index < -0.39 is 6.10 Å². The SMILES string of the molecule is CCCCCCCCCCCCCCCC(=O)O[C@@H](COC(=O)CCCCCCCCCCCCC)COC(=O)CCCCCCCCCCC(C)CC. The van der Waals surface area contributed by atoms with E-state index in [1.807, 2.05) is 0 Å². The molecule has 0 aliphatic carbocycles. The smallest absolute Gasteiger partial charge is 0.306 e. The summed E-state index contributed by atoms with van der Waals surface area (Å²) in [6, 6.07) is 0. The lowest BCUT2D eigenvalue weighted by atomic mass is 9.99. The Morgan fingerprint density at radius 2 is 0.648 bits per heavy atom. The third-order valence-electron chi connectivity index (χ3n) is 11.2. The molecule has 320 valence electrons. The van der Waals surface area contributed by atoms with Gasteiger partial charge in [-0.25, -0.2) is 0 Å². The Labute approximate surface area is 336 Å². The lowest BCUT2D eigenvalue weighted by Crippen LogP contribution is -2.30. The highest BCUT2D eigenvalue weighted by Crippen LogP contribution is 2.17. The second-order valence-corrected chi connectivity index (χ2v) is 16.6. The Hall–Kier alpha value is -1.59. The van der Waals surface area contributed by atoms with Gasteiger partial charge in [0, 0.05) is 19.3 Å². The molecule has 0 bridgehead atoms. The van der Waals surface area contributed by atoms with Crippen LogP contribution in [0.15, 0.2) is 0 Å². The summed E-state index contributed by atoms with van der Waals surface area (Å²) in [4.78, 5) is 37.8. The van der Waals surface area contributed by atoms with Gasteiger partial charge in [0.25, 0.3) is 0 Å². The fourth-order valence-electron chi connectivity index (χ4n) is 7.12. The summed E-state index contributed by atoms with van der Waals surface area (Å²) in [5, 5.41) is 0. The molecule has 1 unspecified atom stereocenters. The van der Waals surface area contributed by atoms with Crippen molar-refractivity contribution in [1.29, 1.82) is 0 Å². The van der Waals surface area contributed by atoms with Crippen molar-refractivity contribution in [2.24, 2.45) is 5.92 Å².